The number of aromatic amines is 1. The summed E-state index contributed by atoms with van der Waals surface area (Å²) in [6, 6.07) is 9.10. The highest BCUT2D eigenvalue weighted by Crippen LogP contribution is 2.24. The van der Waals surface area contributed by atoms with Gasteiger partial charge in [-0.2, -0.15) is 4.98 Å². The van der Waals surface area contributed by atoms with Crippen molar-refractivity contribution in [1.82, 2.24) is 15.3 Å². The fraction of sp³-hybridized carbons (Fsp3) is 0.368. The molecule has 27 heavy (non-hydrogen) atoms. The molecule has 0 aromatic carbocycles. The van der Waals surface area contributed by atoms with Crippen LogP contribution in [-0.4, -0.2) is 42.6 Å². The van der Waals surface area contributed by atoms with Crippen LogP contribution in [0.2, 0.25) is 5.22 Å². The van der Waals surface area contributed by atoms with Crippen LogP contribution >= 0.6 is 11.6 Å². The van der Waals surface area contributed by atoms with Crippen LogP contribution in [0.3, 0.4) is 0 Å². The number of nitrogens with one attached hydrogen (secondary N) is 2. The van der Waals surface area contributed by atoms with Crippen LogP contribution in [0.1, 0.15) is 23.3 Å². The third-order valence-electron chi connectivity index (χ3n) is 4.83. The van der Waals surface area contributed by atoms with Gasteiger partial charge in [0.25, 0.3) is 5.91 Å². The molecule has 3 aromatic rings. The number of hydrogen-bond donors (Lipinski definition) is 2. The van der Waals surface area contributed by atoms with Gasteiger partial charge >= 0.3 is 0 Å². The molecule has 1 saturated heterocycles. The van der Waals surface area contributed by atoms with Gasteiger partial charge in [0.1, 0.15) is 11.5 Å². The molecule has 3 aromatic heterocycles. The molecule has 0 bridgehead atoms. The minimum Gasteiger partial charge on any atom is -0.481 e. The molecule has 1 aliphatic heterocycles. The summed E-state index contributed by atoms with van der Waals surface area (Å²) < 4.78 is 10.5. The van der Waals surface area contributed by atoms with Gasteiger partial charge in [0, 0.05) is 37.8 Å². The van der Waals surface area contributed by atoms with Crippen molar-refractivity contribution < 1.29 is 13.9 Å². The highest BCUT2D eigenvalue weighted by molar-refractivity contribution is 6.29. The maximum atomic E-state index is 12.4. The number of halogens is 1. The average Bonchev–Trinajstić information content (AvgIpc) is 3.24. The van der Waals surface area contributed by atoms with Gasteiger partial charge < -0.3 is 24.4 Å². The van der Waals surface area contributed by atoms with E-state index in [1.807, 2.05) is 18.2 Å². The molecule has 7 nitrogen and oxygen atoms in total. The molecular formula is C19H21ClN4O3. The van der Waals surface area contributed by atoms with E-state index >= 15 is 0 Å². The monoisotopic (exact) mass is 388 g/mol. The summed E-state index contributed by atoms with van der Waals surface area (Å²) in [7, 11) is 1.62. The highest BCUT2D eigenvalue weighted by atomic mass is 35.5. The van der Waals surface area contributed by atoms with Crippen LogP contribution in [0.25, 0.3) is 11.1 Å². The van der Waals surface area contributed by atoms with Crippen LogP contribution in [0.4, 0.5) is 5.82 Å². The first-order valence-corrected chi connectivity index (χ1v) is 9.32. The number of ether oxygens (including phenoxy) is 1. The Kier molecular flexibility index (Phi) is 4.94. The van der Waals surface area contributed by atoms with Crippen molar-refractivity contribution in [3.05, 3.63) is 41.2 Å². The molecule has 8 heteroatoms. The number of methoxy groups -OCH3 is 1. The lowest BCUT2D eigenvalue weighted by molar-refractivity contribution is 0.0941. The van der Waals surface area contributed by atoms with Gasteiger partial charge in [-0.3, -0.25) is 4.79 Å². The van der Waals surface area contributed by atoms with E-state index in [0.717, 1.165) is 37.3 Å². The highest BCUT2D eigenvalue weighted by Gasteiger charge is 2.22. The summed E-state index contributed by atoms with van der Waals surface area (Å²) in [4.78, 5) is 22.2. The Morgan fingerprint density at radius 3 is 3.19 bits per heavy atom. The summed E-state index contributed by atoms with van der Waals surface area (Å²) in [6.07, 6.45) is 2.14. The number of hydrogen-bond acceptors (Lipinski definition) is 5. The van der Waals surface area contributed by atoms with Crippen LogP contribution in [0, 0.1) is 5.92 Å². The van der Waals surface area contributed by atoms with Gasteiger partial charge in [-0.25, -0.2) is 0 Å². The molecule has 1 amide bonds. The first kappa shape index (κ1) is 17.7. The second-order valence-corrected chi connectivity index (χ2v) is 7.09. The van der Waals surface area contributed by atoms with Crippen molar-refractivity contribution in [3.63, 3.8) is 0 Å². The summed E-state index contributed by atoms with van der Waals surface area (Å²) >= 11 is 5.80. The van der Waals surface area contributed by atoms with Gasteiger partial charge in [0.2, 0.25) is 5.88 Å². The van der Waals surface area contributed by atoms with Gasteiger partial charge in [0.05, 0.1) is 12.6 Å². The first-order chi connectivity index (χ1) is 13.1. The number of nitrogens with zero attached hydrogens (tertiary/aromatic N) is 2. The van der Waals surface area contributed by atoms with Gasteiger partial charge in [-0.15, -0.1) is 0 Å². The fourth-order valence-electron chi connectivity index (χ4n) is 3.48. The molecule has 142 valence electrons. The maximum Gasteiger partial charge on any atom is 0.267 e. The summed E-state index contributed by atoms with van der Waals surface area (Å²) in [5.41, 5.74) is 1.78. The predicted octanol–water partition coefficient (Wildman–Crippen LogP) is 3.46. The maximum absolute atomic E-state index is 12.4. The average molecular weight is 389 g/mol. The second-order valence-electron chi connectivity index (χ2n) is 6.71. The zero-order valence-electron chi connectivity index (χ0n) is 15.0. The van der Waals surface area contributed by atoms with Crippen LogP contribution in [-0.2, 0) is 0 Å². The summed E-state index contributed by atoms with van der Waals surface area (Å²) in [5.74, 6) is 1.74. The third-order valence-corrected chi connectivity index (χ3v) is 5.02. The molecule has 1 aliphatic rings. The molecular weight excluding hydrogens is 368 g/mol. The number of carbonyl (C=O) groups excluding carboxylic acids is 1. The minimum absolute atomic E-state index is 0.144. The quantitative estimate of drug-likeness (QED) is 0.699. The van der Waals surface area contributed by atoms with E-state index in [2.05, 4.69) is 20.2 Å². The van der Waals surface area contributed by atoms with Crippen molar-refractivity contribution in [2.45, 2.75) is 12.8 Å². The zero-order chi connectivity index (χ0) is 18.8. The minimum atomic E-state index is -0.144. The topological polar surface area (TPSA) is 83.4 Å². The smallest absolute Gasteiger partial charge is 0.267 e. The predicted molar refractivity (Wildman–Crippen MR) is 104 cm³/mol. The Hall–Kier alpha value is -2.67. The number of H-pyrrole nitrogens is 1. The molecule has 1 fully saturated rings. The fourth-order valence-corrected chi connectivity index (χ4v) is 3.67. The SMILES string of the molecule is COc1cccc(N2CCCC(CNC(=O)c3cc4oc(Cl)cc4[nH]3)C2)n1. The lowest BCUT2D eigenvalue weighted by Crippen LogP contribution is -2.41. The van der Waals surface area contributed by atoms with Gasteiger partial charge in [-0.05, 0) is 36.4 Å². The van der Waals surface area contributed by atoms with Crippen molar-refractivity contribution in [2.24, 2.45) is 5.92 Å². The lowest BCUT2D eigenvalue weighted by Gasteiger charge is -2.33. The van der Waals surface area contributed by atoms with Crippen molar-refractivity contribution in [1.29, 1.82) is 0 Å². The molecule has 4 rings (SSSR count). The van der Waals surface area contributed by atoms with E-state index < -0.39 is 0 Å². The third kappa shape index (κ3) is 3.88. The molecule has 4 heterocycles. The van der Waals surface area contributed by atoms with Gasteiger partial charge in [-0.1, -0.05) is 6.07 Å². The Labute approximate surface area is 161 Å². The number of fused-ring (bicyclic) bond motifs is 1. The van der Waals surface area contributed by atoms with Crippen LogP contribution in [0.5, 0.6) is 5.88 Å². The van der Waals surface area contributed by atoms with Crippen LogP contribution < -0.4 is 15.0 Å². The Bertz CT molecular complexity index is 920. The van der Waals surface area contributed by atoms with Crippen molar-refractivity contribution in [2.75, 3.05) is 31.6 Å². The Morgan fingerprint density at radius 1 is 1.48 bits per heavy atom. The molecule has 0 spiro atoms. The van der Waals surface area contributed by atoms with E-state index in [-0.39, 0.29) is 5.91 Å². The number of pyridine rings is 1. The van der Waals surface area contributed by atoms with E-state index in [1.54, 1.807) is 19.2 Å². The Balaban J connectivity index is 1.36. The van der Waals surface area contributed by atoms with Crippen molar-refractivity contribution >= 4 is 34.4 Å². The molecule has 0 saturated carbocycles. The number of aromatic nitrogens is 2. The van der Waals surface area contributed by atoms with E-state index in [1.165, 1.54) is 0 Å². The molecule has 1 atom stereocenters. The zero-order valence-corrected chi connectivity index (χ0v) is 15.8. The number of carbonyl (C=O) groups is 1. The number of anilines is 1. The summed E-state index contributed by atoms with van der Waals surface area (Å²) in [6.45, 7) is 2.42. The van der Waals surface area contributed by atoms with Crippen LogP contribution in [0.15, 0.2) is 34.7 Å². The molecule has 0 radical (unpaired) electrons. The van der Waals surface area contributed by atoms with E-state index in [9.17, 15) is 4.79 Å². The Morgan fingerprint density at radius 2 is 2.37 bits per heavy atom. The van der Waals surface area contributed by atoms with Gasteiger partial charge in [0.15, 0.2) is 10.8 Å². The number of amides is 1. The standard InChI is InChI=1S/C19H21ClN4O3/c1-26-18-6-2-5-17(23-18)24-7-3-4-12(11-24)10-21-19(25)14-8-15-13(22-14)9-16(20)27-15/h2,5-6,8-9,12,22H,3-4,7,10-11H2,1H3,(H,21,25). The number of piperidine rings is 1. The summed E-state index contributed by atoms with van der Waals surface area (Å²) in [5, 5.41) is 3.31. The normalized spacial score (nSPS) is 17.3. The lowest BCUT2D eigenvalue weighted by atomic mass is 9.98. The number of rotatable bonds is 5. The van der Waals surface area contributed by atoms with Crippen molar-refractivity contribution in [3.8, 4) is 5.88 Å². The first-order valence-electron chi connectivity index (χ1n) is 8.94. The molecule has 1 unspecified atom stereocenters. The second kappa shape index (κ2) is 7.52. The molecule has 2 N–H and O–H groups in total. The molecule has 0 aliphatic carbocycles. The largest absolute Gasteiger partial charge is 0.481 e. The number of furan rings is 1. The van der Waals surface area contributed by atoms with E-state index in [4.69, 9.17) is 20.8 Å². The van der Waals surface area contributed by atoms with E-state index in [0.29, 0.717) is 34.8 Å².